The molecule has 0 bridgehead atoms. The van der Waals surface area contributed by atoms with Crippen molar-refractivity contribution in [3.8, 4) is 18.0 Å². The fraction of sp³-hybridized carbons (Fsp3) is 0.192. The topological polar surface area (TPSA) is 92.7 Å². The number of hydrogen-bond donors (Lipinski definition) is 2. The highest BCUT2D eigenvalue weighted by molar-refractivity contribution is 5.99. The molecule has 2 heterocycles. The van der Waals surface area contributed by atoms with Gasteiger partial charge in [-0.1, -0.05) is 12.0 Å². The Morgan fingerprint density at radius 3 is 2.54 bits per heavy atom. The molecule has 0 spiro atoms. The summed E-state index contributed by atoms with van der Waals surface area (Å²) in [5.74, 6) is 1.24. The average Bonchev–Trinajstić information content (AvgIpc) is 3.31. The molecule has 9 heteroatoms. The molecule has 0 saturated carbocycles. The van der Waals surface area contributed by atoms with E-state index in [0.717, 1.165) is 6.07 Å². The number of terminal acetylenes is 1. The van der Waals surface area contributed by atoms with Crippen LogP contribution >= 0.6 is 0 Å². The van der Waals surface area contributed by atoms with Gasteiger partial charge in [-0.05, 0) is 42.5 Å². The number of aromatic nitrogens is 1. The number of nitrogens with one attached hydrogen (secondary N) is 2. The molecule has 1 fully saturated rings. The molecule has 1 aliphatic heterocycles. The molecule has 3 amide bonds. The van der Waals surface area contributed by atoms with Crippen molar-refractivity contribution in [2.24, 2.45) is 0 Å². The number of pyridine rings is 1. The zero-order valence-electron chi connectivity index (χ0n) is 18.9. The molecule has 0 unspecified atom stereocenters. The summed E-state index contributed by atoms with van der Waals surface area (Å²) in [5.41, 5.74) is 1.14. The van der Waals surface area contributed by atoms with Crippen LogP contribution in [0.2, 0.25) is 0 Å². The van der Waals surface area contributed by atoms with E-state index in [-0.39, 0.29) is 30.3 Å². The highest BCUT2D eigenvalue weighted by Gasteiger charge is 2.40. The third-order valence-electron chi connectivity index (χ3n) is 5.77. The molecule has 1 aliphatic rings. The van der Waals surface area contributed by atoms with Gasteiger partial charge in [0.15, 0.2) is 0 Å². The maximum absolute atomic E-state index is 14.8. The Morgan fingerprint density at radius 2 is 1.89 bits per heavy atom. The normalized spacial score (nSPS) is 17.0. The Kier molecular flexibility index (Phi) is 6.94. The molecule has 2 aromatic carbocycles. The fourth-order valence-corrected chi connectivity index (χ4v) is 3.90. The molecule has 0 radical (unpaired) electrons. The smallest absolute Gasteiger partial charge is 0.322 e. The first-order valence-electron chi connectivity index (χ1n) is 10.8. The first kappa shape index (κ1) is 23.7. The standard InChI is InChI=1S/C26H23FN4O4/c1-3-17-7-9-18(10-8-17)28-26(34)31-16-20(35-2)15-23(31)25(33)29-22-12-11-19(14-21(22)27)30-13-5-4-6-24(30)32/h1,4-14,20,23H,15-16H2,2H3,(H,28,34)(H,29,33)/t20-,23-/m1/s1. The zero-order chi connectivity index (χ0) is 24.9. The van der Waals surface area contributed by atoms with E-state index in [9.17, 15) is 18.8 Å². The number of halogens is 1. The molecule has 1 aromatic heterocycles. The summed E-state index contributed by atoms with van der Waals surface area (Å²) in [6, 6.07) is 14.0. The van der Waals surface area contributed by atoms with Gasteiger partial charge in [-0.15, -0.1) is 6.42 Å². The maximum Gasteiger partial charge on any atom is 0.322 e. The SMILES string of the molecule is C#Cc1ccc(NC(=O)N2C[C@H](OC)C[C@@H]2C(=O)Nc2ccc(-n3ccccc3=O)cc2F)cc1. The van der Waals surface area contributed by atoms with E-state index in [1.807, 2.05) is 0 Å². The Bertz CT molecular complexity index is 1350. The van der Waals surface area contributed by atoms with Crippen molar-refractivity contribution in [3.63, 3.8) is 0 Å². The number of rotatable bonds is 5. The predicted octanol–water partition coefficient (Wildman–Crippen LogP) is 3.22. The molecule has 1 saturated heterocycles. The van der Waals surface area contributed by atoms with Crippen LogP contribution in [-0.4, -0.2) is 47.2 Å². The first-order valence-corrected chi connectivity index (χ1v) is 10.8. The molecule has 35 heavy (non-hydrogen) atoms. The highest BCUT2D eigenvalue weighted by Crippen LogP contribution is 2.24. The van der Waals surface area contributed by atoms with Gasteiger partial charge in [0, 0.05) is 49.7 Å². The molecule has 2 atom stereocenters. The zero-order valence-corrected chi connectivity index (χ0v) is 18.9. The molecular formula is C26H23FN4O4. The van der Waals surface area contributed by atoms with Crippen LogP contribution in [0.1, 0.15) is 12.0 Å². The molecule has 0 aliphatic carbocycles. The van der Waals surface area contributed by atoms with Crippen molar-refractivity contribution in [2.75, 3.05) is 24.3 Å². The van der Waals surface area contributed by atoms with Crippen molar-refractivity contribution in [1.29, 1.82) is 0 Å². The van der Waals surface area contributed by atoms with Crippen LogP contribution in [0.15, 0.2) is 71.7 Å². The van der Waals surface area contributed by atoms with Crippen LogP contribution in [0.3, 0.4) is 0 Å². The van der Waals surface area contributed by atoms with E-state index >= 15 is 0 Å². The van der Waals surface area contributed by atoms with Gasteiger partial charge in [0.2, 0.25) is 5.91 Å². The average molecular weight is 474 g/mol. The van der Waals surface area contributed by atoms with Gasteiger partial charge in [0.05, 0.1) is 17.5 Å². The molecule has 4 rings (SSSR count). The van der Waals surface area contributed by atoms with Crippen molar-refractivity contribution >= 4 is 23.3 Å². The minimum atomic E-state index is -0.874. The number of benzene rings is 2. The largest absolute Gasteiger partial charge is 0.380 e. The number of ether oxygens (including phenoxy) is 1. The lowest BCUT2D eigenvalue weighted by Crippen LogP contribution is -2.45. The van der Waals surface area contributed by atoms with E-state index < -0.39 is 23.8 Å². The summed E-state index contributed by atoms with van der Waals surface area (Å²) < 4.78 is 21.5. The van der Waals surface area contributed by atoms with Gasteiger partial charge >= 0.3 is 6.03 Å². The van der Waals surface area contributed by atoms with Crippen LogP contribution in [0.4, 0.5) is 20.6 Å². The second kappa shape index (κ2) is 10.2. The lowest BCUT2D eigenvalue weighted by atomic mass is 10.1. The Hall–Kier alpha value is -4.42. The van der Waals surface area contributed by atoms with Gasteiger partial charge < -0.3 is 20.3 Å². The number of anilines is 2. The quantitative estimate of drug-likeness (QED) is 0.556. The Balaban J connectivity index is 1.49. The van der Waals surface area contributed by atoms with Crippen molar-refractivity contribution in [1.82, 2.24) is 9.47 Å². The number of hydrogen-bond acceptors (Lipinski definition) is 4. The third kappa shape index (κ3) is 5.23. The number of methoxy groups -OCH3 is 1. The van der Waals surface area contributed by atoms with Crippen molar-refractivity contribution in [2.45, 2.75) is 18.6 Å². The minimum Gasteiger partial charge on any atom is -0.380 e. The van der Waals surface area contributed by atoms with Gasteiger partial charge in [0.25, 0.3) is 5.56 Å². The summed E-state index contributed by atoms with van der Waals surface area (Å²) in [5, 5.41) is 5.30. The van der Waals surface area contributed by atoms with Crippen LogP contribution in [0.25, 0.3) is 5.69 Å². The fourth-order valence-electron chi connectivity index (χ4n) is 3.90. The number of nitrogens with zero attached hydrogens (tertiary/aromatic N) is 2. The third-order valence-corrected chi connectivity index (χ3v) is 5.77. The van der Waals surface area contributed by atoms with E-state index in [4.69, 9.17) is 11.2 Å². The van der Waals surface area contributed by atoms with Gasteiger partial charge in [-0.25, -0.2) is 9.18 Å². The summed E-state index contributed by atoms with van der Waals surface area (Å²) in [7, 11) is 1.50. The van der Waals surface area contributed by atoms with Crippen LogP contribution in [-0.2, 0) is 9.53 Å². The second-order valence-electron chi connectivity index (χ2n) is 7.98. The maximum atomic E-state index is 14.8. The second-order valence-corrected chi connectivity index (χ2v) is 7.98. The van der Waals surface area contributed by atoms with Crippen molar-refractivity contribution in [3.05, 3.63) is 88.6 Å². The summed E-state index contributed by atoms with van der Waals surface area (Å²) in [6.07, 6.45) is 6.78. The van der Waals surface area contributed by atoms with Crippen LogP contribution < -0.4 is 16.2 Å². The monoisotopic (exact) mass is 474 g/mol. The first-order chi connectivity index (χ1) is 16.9. The highest BCUT2D eigenvalue weighted by atomic mass is 19.1. The summed E-state index contributed by atoms with van der Waals surface area (Å²) >= 11 is 0. The number of amides is 3. The molecular weight excluding hydrogens is 451 g/mol. The van der Waals surface area contributed by atoms with E-state index in [0.29, 0.717) is 16.9 Å². The van der Waals surface area contributed by atoms with Gasteiger partial charge in [-0.2, -0.15) is 0 Å². The minimum absolute atomic E-state index is 0.0613. The molecule has 8 nitrogen and oxygen atoms in total. The van der Waals surface area contributed by atoms with Crippen LogP contribution in [0, 0.1) is 18.2 Å². The number of carbonyl (C=O) groups excluding carboxylic acids is 2. The van der Waals surface area contributed by atoms with Gasteiger partial charge in [-0.3, -0.25) is 14.2 Å². The molecule has 3 aromatic rings. The number of likely N-dealkylation sites (tertiary alicyclic amines) is 1. The Morgan fingerprint density at radius 1 is 1.11 bits per heavy atom. The number of carbonyl (C=O) groups is 2. The lowest BCUT2D eigenvalue weighted by Gasteiger charge is -2.24. The van der Waals surface area contributed by atoms with Gasteiger partial charge in [0.1, 0.15) is 11.9 Å². The number of urea groups is 1. The summed E-state index contributed by atoms with van der Waals surface area (Å²) in [4.78, 5) is 39.3. The van der Waals surface area contributed by atoms with Crippen LogP contribution in [0.5, 0.6) is 0 Å². The Labute approximate surface area is 201 Å². The molecule has 2 N–H and O–H groups in total. The molecule has 178 valence electrons. The summed E-state index contributed by atoms with van der Waals surface area (Å²) in [6.45, 7) is 0.196. The van der Waals surface area contributed by atoms with Crippen molar-refractivity contribution < 1.29 is 18.7 Å². The van der Waals surface area contributed by atoms with E-state index in [1.165, 1.54) is 41.0 Å². The lowest BCUT2D eigenvalue weighted by molar-refractivity contribution is -0.119. The van der Waals surface area contributed by atoms with E-state index in [2.05, 4.69) is 16.6 Å². The predicted molar refractivity (Wildman–Crippen MR) is 130 cm³/mol. The van der Waals surface area contributed by atoms with E-state index in [1.54, 1.807) is 36.4 Å².